The number of nitrogens with one attached hydrogen (secondary N) is 1. The van der Waals surface area contributed by atoms with E-state index < -0.39 is 17.6 Å². The summed E-state index contributed by atoms with van der Waals surface area (Å²) in [5.41, 5.74) is 0.960. The zero-order valence-electron chi connectivity index (χ0n) is 16.1. The topological polar surface area (TPSA) is 124 Å². The van der Waals surface area contributed by atoms with Crippen molar-refractivity contribution in [2.24, 2.45) is 0 Å². The number of thioether (sulfide) groups is 1. The molecule has 154 valence electrons. The Morgan fingerprint density at radius 1 is 1.10 bits per heavy atom. The van der Waals surface area contributed by atoms with Crippen LogP contribution in [0.3, 0.4) is 0 Å². The van der Waals surface area contributed by atoms with Gasteiger partial charge in [-0.25, -0.2) is 4.79 Å². The van der Waals surface area contributed by atoms with E-state index in [4.69, 9.17) is 5.11 Å². The summed E-state index contributed by atoms with van der Waals surface area (Å²) in [5, 5.41) is 20.9. The van der Waals surface area contributed by atoms with Gasteiger partial charge in [0, 0.05) is 23.4 Å². The lowest BCUT2D eigenvalue weighted by Crippen LogP contribution is -2.34. The van der Waals surface area contributed by atoms with Gasteiger partial charge < -0.3 is 15.5 Å². The number of nitrogens with zero attached hydrogens (tertiary/aromatic N) is 1. The molecule has 0 aromatic heterocycles. The normalized spacial score (nSPS) is 15.2. The third-order valence-electron chi connectivity index (χ3n) is 4.30. The van der Waals surface area contributed by atoms with Gasteiger partial charge in [0.15, 0.2) is 0 Å². The van der Waals surface area contributed by atoms with Crippen LogP contribution in [0.5, 0.6) is 5.75 Å². The third kappa shape index (κ3) is 4.36. The van der Waals surface area contributed by atoms with Gasteiger partial charge in [-0.1, -0.05) is 12.1 Å². The Hall–Kier alpha value is -3.59. The number of amides is 3. The van der Waals surface area contributed by atoms with E-state index in [1.807, 2.05) is 0 Å². The molecule has 9 heteroatoms. The summed E-state index contributed by atoms with van der Waals surface area (Å²) in [6.45, 7) is 3.53. The minimum absolute atomic E-state index is 0.224. The van der Waals surface area contributed by atoms with E-state index >= 15 is 0 Å². The Labute approximate surface area is 176 Å². The fourth-order valence-corrected chi connectivity index (χ4v) is 3.76. The number of phenols is 1. The lowest BCUT2D eigenvalue weighted by atomic mass is 10.1. The molecule has 1 heterocycles. The van der Waals surface area contributed by atoms with Gasteiger partial charge in [0.25, 0.3) is 17.1 Å². The summed E-state index contributed by atoms with van der Waals surface area (Å²) in [7, 11) is 0. The second-order valence-electron chi connectivity index (χ2n) is 6.76. The molecule has 0 spiro atoms. The van der Waals surface area contributed by atoms with Gasteiger partial charge >= 0.3 is 5.97 Å². The van der Waals surface area contributed by atoms with Gasteiger partial charge in [-0.05, 0) is 61.5 Å². The molecule has 1 aliphatic heterocycles. The van der Waals surface area contributed by atoms with Crippen molar-refractivity contribution in [3.8, 4) is 5.75 Å². The van der Waals surface area contributed by atoms with Crippen LogP contribution in [0.4, 0.5) is 10.5 Å². The van der Waals surface area contributed by atoms with E-state index in [-0.39, 0.29) is 28.4 Å². The summed E-state index contributed by atoms with van der Waals surface area (Å²) in [4.78, 5) is 49.1. The highest BCUT2D eigenvalue weighted by Crippen LogP contribution is 2.33. The molecule has 2 aromatic rings. The van der Waals surface area contributed by atoms with E-state index in [1.165, 1.54) is 17.0 Å². The number of carboxylic acids is 1. The van der Waals surface area contributed by atoms with Crippen LogP contribution in [0, 0.1) is 0 Å². The monoisotopic (exact) mass is 426 g/mol. The first kappa shape index (κ1) is 21.1. The summed E-state index contributed by atoms with van der Waals surface area (Å²) >= 11 is 0.875. The van der Waals surface area contributed by atoms with E-state index in [0.29, 0.717) is 16.0 Å². The van der Waals surface area contributed by atoms with Crippen molar-refractivity contribution >= 4 is 46.5 Å². The molecule has 0 bridgehead atoms. The fourth-order valence-electron chi connectivity index (χ4n) is 2.80. The van der Waals surface area contributed by atoms with Gasteiger partial charge in [-0.15, -0.1) is 0 Å². The molecule has 1 aliphatic rings. The average molecular weight is 426 g/mol. The van der Waals surface area contributed by atoms with Crippen LogP contribution < -0.4 is 5.32 Å². The Kier molecular flexibility index (Phi) is 5.93. The van der Waals surface area contributed by atoms with Crippen LogP contribution >= 0.6 is 11.8 Å². The number of carbonyl (C=O) groups is 4. The number of hydrogen-bond acceptors (Lipinski definition) is 6. The van der Waals surface area contributed by atoms with Crippen molar-refractivity contribution < 1.29 is 29.4 Å². The van der Waals surface area contributed by atoms with Crippen LogP contribution in [0.1, 0.15) is 40.1 Å². The second-order valence-corrected chi connectivity index (χ2v) is 7.75. The number of aromatic carboxylic acids is 1. The molecule has 0 saturated carbocycles. The van der Waals surface area contributed by atoms with Gasteiger partial charge in [-0.3, -0.25) is 19.3 Å². The highest BCUT2D eigenvalue weighted by atomic mass is 32.2. The first-order valence-electron chi connectivity index (χ1n) is 8.92. The van der Waals surface area contributed by atoms with Gasteiger partial charge in [0.2, 0.25) is 0 Å². The smallest absolute Gasteiger partial charge is 0.339 e. The second kappa shape index (κ2) is 8.42. The summed E-state index contributed by atoms with van der Waals surface area (Å²) < 4.78 is 0. The molecular weight excluding hydrogens is 408 g/mol. The van der Waals surface area contributed by atoms with Crippen molar-refractivity contribution in [3.05, 3.63) is 64.1 Å². The first-order valence-corrected chi connectivity index (χ1v) is 9.74. The molecule has 0 atom stereocenters. The fraction of sp³-hybridized carbons (Fsp3) is 0.143. The van der Waals surface area contributed by atoms with Crippen LogP contribution in [0.25, 0.3) is 6.08 Å². The number of aromatic hydroxyl groups is 1. The molecule has 3 rings (SSSR count). The lowest BCUT2D eigenvalue weighted by Gasteiger charge is -2.16. The average Bonchev–Trinajstić information content (AvgIpc) is 2.95. The predicted molar refractivity (Wildman–Crippen MR) is 112 cm³/mol. The van der Waals surface area contributed by atoms with Crippen LogP contribution in [0.15, 0.2) is 47.4 Å². The zero-order valence-corrected chi connectivity index (χ0v) is 16.9. The first-order chi connectivity index (χ1) is 14.2. The Morgan fingerprint density at radius 3 is 2.30 bits per heavy atom. The number of imide groups is 1. The standard InChI is InChI=1S/C21H18N2O6S/c1-11(2)23-19(26)17(30-21(23)29)9-12-3-5-13(6-4-12)18(25)22-14-7-8-15(20(27)28)16(24)10-14/h3-11,24H,1-2H3,(H,22,25)(H,27,28). The number of carboxylic acid groups (broad SMARTS) is 1. The number of rotatable bonds is 5. The van der Waals surface area contributed by atoms with Crippen LogP contribution in [0.2, 0.25) is 0 Å². The van der Waals surface area contributed by atoms with Crippen molar-refractivity contribution in [2.75, 3.05) is 5.32 Å². The van der Waals surface area contributed by atoms with Gasteiger partial charge in [0.05, 0.1) is 4.91 Å². The summed E-state index contributed by atoms with van der Waals surface area (Å²) in [6, 6.07) is 9.89. The quantitative estimate of drug-likeness (QED) is 0.622. The molecule has 0 aliphatic carbocycles. The molecule has 1 saturated heterocycles. The maximum Gasteiger partial charge on any atom is 0.339 e. The van der Waals surface area contributed by atoms with Crippen molar-refractivity contribution in [1.82, 2.24) is 4.90 Å². The lowest BCUT2D eigenvalue weighted by molar-refractivity contribution is -0.123. The molecule has 2 aromatic carbocycles. The SMILES string of the molecule is CC(C)N1C(=O)SC(=Cc2ccc(C(=O)Nc3ccc(C(=O)O)c(O)c3)cc2)C1=O. The maximum absolute atomic E-state index is 12.4. The number of benzene rings is 2. The Bertz CT molecular complexity index is 1080. The highest BCUT2D eigenvalue weighted by molar-refractivity contribution is 8.18. The van der Waals surface area contributed by atoms with Crippen molar-refractivity contribution in [3.63, 3.8) is 0 Å². The Morgan fingerprint density at radius 2 is 1.77 bits per heavy atom. The number of hydrogen-bond donors (Lipinski definition) is 3. The van der Waals surface area contributed by atoms with Crippen LogP contribution in [-0.4, -0.2) is 44.2 Å². The highest BCUT2D eigenvalue weighted by Gasteiger charge is 2.36. The zero-order chi connectivity index (χ0) is 22.0. The molecule has 3 N–H and O–H groups in total. The van der Waals surface area contributed by atoms with Gasteiger partial charge in [0.1, 0.15) is 11.3 Å². The largest absolute Gasteiger partial charge is 0.507 e. The summed E-state index contributed by atoms with van der Waals surface area (Å²) in [6.07, 6.45) is 1.59. The number of anilines is 1. The molecule has 0 radical (unpaired) electrons. The summed E-state index contributed by atoms with van der Waals surface area (Å²) in [5.74, 6) is -2.52. The van der Waals surface area contributed by atoms with Crippen molar-refractivity contribution in [2.45, 2.75) is 19.9 Å². The minimum atomic E-state index is -1.27. The van der Waals surface area contributed by atoms with Crippen LogP contribution in [-0.2, 0) is 4.79 Å². The van der Waals surface area contributed by atoms with E-state index in [1.54, 1.807) is 44.2 Å². The van der Waals surface area contributed by atoms with E-state index in [9.17, 15) is 24.3 Å². The molecule has 1 fully saturated rings. The minimum Gasteiger partial charge on any atom is -0.507 e. The molecule has 30 heavy (non-hydrogen) atoms. The predicted octanol–water partition coefficient (Wildman–Crippen LogP) is 3.79. The molecule has 8 nitrogen and oxygen atoms in total. The molecular formula is C21H18N2O6S. The maximum atomic E-state index is 12.4. The van der Waals surface area contributed by atoms with E-state index in [0.717, 1.165) is 17.8 Å². The Balaban J connectivity index is 1.72. The van der Waals surface area contributed by atoms with Crippen molar-refractivity contribution in [1.29, 1.82) is 0 Å². The van der Waals surface area contributed by atoms with Gasteiger partial charge in [-0.2, -0.15) is 0 Å². The van der Waals surface area contributed by atoms with E-state index in [2.05, 4.69) is 5.32 Å². The number of carbonyl (C=O) groups excluding carboxylic acids is 3. The molecule has 0 unspecified atom stereocenters. The molecule has 3 amide bonds. The third-order valence-corrected chi connectivity index (χ3v) is 5.18.